The average molecular weight is 429 g/mol. The molecule has 5 nitrogen and oxygen atoms in total. The van der Waals surface area contributed by atoms with Crippen molar-refractivity contribution in [3.8, 4) is 0 Å². The highest BCUT2D eigenvalue weighted by molar-refractivity contribution is 5.67. The van der Waals surface area contributed by atoms with Crippen molar-refractivity contribution in [1.82, 2.24) is 0 Å². The van der Waals surface area contributed by atoms with E-state index < -0.39 is 0 Å². The maximum atomic E-state index is 12.0. The molecule has 4 rings (SSSR count). The topological polar surface area (TPSA) is 69.7 Å². The van der Waals surface area contributed by atoms with Crippen LogP contribution in [0.4, 0.5) is 0 Å². The van der Waals surface area contributed by atoms with E-state index in [1.165, 1.54) is 25.0 Å². The summed E-state index contributed by atoms with van der Waals surface area (Å²) in [5.41, 5.74) is 2.58. The van der Waals surface area contributed by atoms with Crippen molar-refractivity contribution < 1.29 is 23.9 Å². The summed E-state index contributed by atoms with van der Waals surface area (Å²) in [5, 5.41) is 0. The summed E-state index contributed by atoms with van der Waals surface area (Å²) in [4.78, 5) is 35.2. The molecular formula is C26H36O5. The smallest absolute Gasteiger partial charge is 0.302 e. The van der Waals surface area contributed by atoms with Gasteiger partial charge in [-0.15, -0.1) is 0 Å². The van der Waals surface area contributed by atoms with E-state index in [1.54, 1.807) is 0 Å². The number of hydrogen-bond donors (Lipinski definition) is 0. The average Bonchev–Trinajstić information content (AvgIpc) is 3.04. The quantitative estimate of drug-likeness (QED) is 0.475. The zero-order valence-corrected chi connectivity index (χ0v) is 19.5. The van der Waals surface area contributed by atoms with Crippen molar-refractivity contribution in [1.29, 1.82) is 0 Å². The lowest BCUT2D eigenvalue weighted by atomic mass is 9.49. The van der Waals surface area contributed by atoms with E-state index >= 15 is 0 Å². The number of rotatable bonds is 4. The molecule has 0 amide bonds. The lowest BCUT2D eigenvalue weighted by molar-refractivity contribution is -0.165. The van der Waals surface area contributed by atoms with Crippen LogP contribution in [-0.4, -0.2) is 30.4 Å². The van der Waals surface area contributed by atoms with Crippen LogP contribution in [0.2, 0.25) is 0 Å². The molecule has 3 saturated carbocycles. The van der Waals surface area contributed by atoms with Crippen molar-refractivity contribution >= 4 is 18.2 Å². The first-order valence-corrected chi connectivity index (χ1v) is 11.8. The summed E-state index contributed by atoms with van der Waals surface area (Å²) in [5.74, 6) is 0.726. The fourth-order valence-electron chi connectivity index (χ4n) is 7.70. The number of hydrogen-bond acceptors (Lipinski definition) is 5. The van der Waals surface area contributed by atoms with Crippen LogP contribution in [0.15, 0.2) is 23.3 Å². The van der Waals surface area contributed by atoms with Crippen LogP contribution in [0, 0.1) is 34.5 Å². The second-order valence-electron chi connectivity index (χ2n) is 10.7. The summed E-state index contributed by atoms with van der Waals surface area (Å²) < 4.78 is 11.4. The van der Waals surface area contributed by atoms with Crippen molar-refractivity contribution in [2.24, 2.45) is 34.5 Å². The summed E-state index contributed by atoms with van der Waals surface area (Å²) >= 11 is 0. The van der Waals surface area contributed by atoms with Gasteiger partial charge in [0.2, 0.25) is 0 Å². The number of carbonyl (C=O) groups is 3. The Morgan fingerprint density at radius 2 is 1.77 bits per heavy atom. The number of aldehydes is 1. The summed E-state index contributed by atoms with van der Waals surface area (Å²) in [6.45, 7) is 9.59. The molecule has 8 atom stereocenters. The normalized spacial score (nSPS) is 42.2. The molecule has 0 N–H and O–H groups in total. The third-order valence-electron chi connectivity index (χ3n) is 9.16. The van der Waals surface area contributed by atoms with Crippen LogP contribution in [0.5, 0.6) is 0 Å². The Morgan fingerprint density at radius 3 is 2.42 bits per heavy atom. The van der Waals surface area contributed by atoms with Crippen molar-refractivity contribution in [2.45, 2.75) is 85.4 Å². The molecule has 31 heavy (non-hydrogen) atoms. The van der Waals surface area contributed by atoms with Gasteiger partial charge in [-0.05, 0) is 48.9 Å². The van der Waals surface area contributed by atoms with Crippen LogP contribution in [0.1, 0.15) is 73.1 Å². The first-order chi connectivity index (χ1) is 14.6. The van der Waals surface area contributed by atoms with Gasteiger partial charge >= 0.3 is 11.9 Å². The second-order valence-corrected chi connectivity index (χ2v) is 10.7. The Kier molecular flexibility index (Phi) is 5.68. The van der Waals surface area contributed by atoms with Gasteiger partial charge in [0.05, 0.1) is 0 Å². The number of carbonyl (C=O) groups excluding carboxylic acids is 3. The third kappa shape index (κ3) is 3.48. The van der Waals surface area contributed by atoms with Gasteiger partial charge in [-0.2, -0.15) is 0 Å². The molecule has 0 aromatic heterocycles. The minimum absolute atomic E-state index is 0.0883. The summed E-state index contributed by atoms with van der Waals surface area (Å²) in [6, 6.07) is 0. The molecule has 0 saturated heterocycles. The molecule has 0 bridgehead atoms. The van der Waals surface area contributed by atoms with Crippen LogP contribution < -0.4 is 0 Å². The number of allylic oxidation sites excluding steroid dienone is 3. The van der Waals surface area contributed by atoms with E-state index in [2.05, 4.69) is 32.9 Å². The number of fused-ring (bicyclic) bond motifs is 5. The Bertz CT molecular complexity index is 841. The maximum Gasteiger partial charge on any atom is 0.302 e. The van der Waals surface area contributed by atoms with Gasteiger partial charge in [-0.3, -0.25) is 9.59 Å². The van der Waals surface area contributed by atoms with Gasteiger partial charge in [0.25, 0.3) is 0 Å². The van der Waals surface area contributed by atoms with E-state index in [1.807, 2.05) is 0 Å². The highest BCUT2D eigenvalue weighted by Gasteiger charge is 2.60. The monoisotopic (exact) mass is 428 g/mol. The van der Waals surface area contributed by atoms with E-state index in [-0.39, 0.29) is 40.9 Å². The highest BCUT2D eigenvalue weighted by atomic mass is 16.6. The Labute approximate surface area is 185 Å². The molecule has 0 heterocycles. The van der Waals surface area contributed by atoms with Gasteiger partial charge in [-0.1, -0.05) is 44.1 Å². The van der Waals surface area contributed by atoms with Crippen LogP contribution in [-0.2, 0) is 23.9 Å². The van der Waals surface area contributed by atoms with Gasteiger partial charge in [-0.25, -0.2) is 0 Å². The molecule has 0 spiro atoms. The third-order valence-corrected chi connectivity index (χ3v) is 9.16. The highest BCUT2D eigenvalue weighted by Crippen LogP contribution is 2.66. The van der Waals surface area contributed by atoms with E-state index in [9.17, 15) is 14.4 Å². The molecule has 4 aliphatic rings. The molecule has 6 unspecified atom stereocenters. The number of ether oxygens (including phenoxy) is 2. The van der Waals surface area contributed by atoms with Gasteiger partial charge in [0.1, 0.15) is 18.5 Å². The molecule has 0 aliphatic heterocycles. The zero-order valence-electron chi connectivity index (χ0n) is 19.5. The van der Waals surface area contributed by atoms with E-state index in [4.69, 9.17) is 9.47 Å². The van der Waals surface area contributed by atoms with Crippen LogP contribution >= 0.6 is 0 Å². The molecule has 0 radical (unpaired) electrons. The minimum Gasteiger partial charge on any atom is -0.462 e. The van der Waals surface area contributed by atoms with E-state index in [0.29, 0.717) is 30.6 Å². The first-order valence-electron chi connectivity index (χ1n) is 11.8. The van der Waals surface area contributed by atoms with Crippen LogP contribution in [0.3, 0.4) is 0 Å². The second kappa shape index (κ2) is 7.90. The molecule has 170 valence electrons. The number of esters is 2. The van der Waals surface area contributed by atoms with Crippen LogP contribution in [0.25, 0.3) is 0 Å². The Balaban J connectivity index is 1.70. The first kappa shape index (κ1) is 22.3. The van der Waals surface area contributed by atoms with Crippen molar-refractivity contribution in [3.05, 3.63) is 23.3 Å². The van der Waals surface area contributed by atoms with E-state index in [0.717, 1.165) is 32.0 Å². The molecule has 3 fully saturated rings. The lowest BCUT2D eigenvalue weighted by Gasteiger charge is -2.57. The largest absolute Gasteiger partial charge is 0.462 e. The molecule has 4 aliphatic carbocycles. The Hall–Kier alpha value is -1.91. The SMILES string of the molecule is CC(=O)O[C@@H]1CC2=CC=C3C4CCC(C(C)C=O)C4(C)CCC3C2(C)[C@@H](OC(C)=O)C1. The van der Waals surface area contributed by atoms with Crippen molar-refractivity contribution in [3.63, 3.8) is 0 Å². The summed E-state index contributed by atoms with van der Waals surface area (Å²) in [7, 11) is 0. The predicted octanol–water partition coefficient (Wildman–Crippen LogP) is 4.79. The minimum atomic E-state index is -0.307. The molecular weight excluding hydrogens is 392 g/mol. The van der Waals surface area contributed by atoms with Gasteiger partial charge in [0, 0.05) is 38.0 Å². The van der Waals surface area contributed by atoms with Gasteiger partial charge in [0.15, 0.2) is 0 Å². The van der Waals surface area contributed by atoms with Crippen molar-refractivity contribution in [2.75, 3.05) is 0 Å². The summed E-state index contributed by atoms with van der Waals surface area (Å²) in [6.07, 6.45) is 10.7. The molecule has 0 aromatic rings. The fourth-order valence-corrected chi connectivity index (χ4v) is 7.70. The Morgan fingerprint density at radius 1 is 1.06 bits per heavy atom. The molecule has 5 heteroatoms. The zero-order chi connectivity index (χ0) is 22.6. The maximum absolute atomic E-state index is 12.0. The fraction of sp³-hybridized carbons (Fsp3) is 0.731. The lowest BCUT2D eigenvalue weighted by Crippen LogP contribution is -2.54. The predicted molar refractivity (Wildman–Crippen MR) is 117 cm³/mol. The molecule has 0 aromatic carbocycles. The van der Waals surface area contributed by atoms with Gasteiger partial charge < -0.3 is 14.3 Å². The standard InChI is InChI=1S/C26H36O5/c1-15(14-27)21-8-9-22-20-7-6-18-12-19(30-16(2)28)13-24(31-17(3)29)26(18,5)23(20)10-11-25(21,22)4/h6-7,14-15,19,21-24H,8-13H2,1-5H3/t15?,19-,21?,22?,23?,24+,25?,26?/m1/s1.